The summed E-state index contributed by atoms with van der Waals surface area (Å²) in [5, 5.41) is 13.7. The standard InChI is InChI=1S/C15H21N5OS/c1-9(14-8-22-10(2)19-14)18-15(21)13-6-16-5-12(13)11-4-17-20(3)7-11/h4,7-9,12-13,16H,5-6H2,1-3H3,(H,18,21)/t9?,12-,13+/m1/s1. The summed E-state index contributed by atoms with van der Waals surface area (Å²) in [5.74, 6) is 0.196. The van der Waals surface area contributed by atoms with Gasteiger partial charge in [-0.3, -0.25) is 9.48 Å². The Labute approximate surface area is 133 Å². The molecule has 1 fully saturated rings. The molecule has 22 heavy (non-hydrogen) atoms. The van der Waals surface area contributed by atoms with Crippen molar-refractivity contribution < 1.29 is 4.79 Å². The first-order valence-electron chi connectivity index (χ1n) is 7.46. The van der Waals surface area contributed by atoms with Gasteiger partial charge in [0, 0.05) is 37.6 Å². The van der Waals surface area contributed by atoms with Gasteiger partial charge in [-0.05, 0) is 19.4 Å². The molecule has 0 aromatic carbocycles. The molecule has 2 aromatic heterocycles. The number of nitrogens with one attached hydrogen (secondary N) is 2. The summed E-state index contributed by atoms with van der Waals surface area (Å²) in [6.07, 6.45) is 3.84. The third-order valence-electron chi connectivity index (χ3n) is 4.14. The van der Waals surface area contributed by atoms with Crippen molar-refractivity contribution in [3.8, 4) is 0 Å². The summed E-state index contributed by atoms with van der Waals surface area (Å²) >= 11 is 1.61. The van der Waals surface area contributed by atoms with Gasteiger partial charge in [0.2, 0.25) is 5.91 Å². The molecule has 0 saturated carbocycles. The Kier molecular flexibility index (Phi) is 4.26. The molecular weight excluding hydrogens is 298 g/mol. The van der Waals surface area contributed by atoms with E-state index in [1.54, 1.807) is 16.0 Å². The molecule has 1 saturated heterocycles. The van der Waals surface area contributed by atoms with Crippen molar-refractivity contribution in [2.24, 2.45) is 13.0 Å². The van der Waals surface area contributed by atoms with Gasteiger partial charge in [0.1, 0.15) is 0 Å². The van der Waals surface area contributed by atoms with Gasteiger partial charge < -0.3 is 10.6 Å². The van der Waals surface area contributed by atoms with E-state index in [1.165, 1.54) is 0 Å². The van der Waals surface area contributed by atoms with Crippen molar-refractivity contribution in [2.45, 2.75) is 25.8 Å². The molecule has 6 nitrogen and oxygen atoms in total. The van der Waals surface area contributed by atoms with E-state index in [1.807, 2.05) is 38.7 Å². The van der Waals surface area contributed by atoms with E-state index in [0.717, 1.165) is 22.8 Å². The molecule has 1 amide bonds. The smallest absolute Gasteiger partial charge is 0.225 e. The van der Waals surface area contributed by atoms with E-state index in [4.69, 9.17) is 0 Å². The van der Waals surface area contributed by atoms with Crippen LogP contribution in [0.25, 0.3) is 0 Å². The van der Waals surface area contributed by atoms with Crippen molar-refractivity contribution in [3.63, 3.8) is 0 Å². The molecule has 3 rings (SSSR count). The molecule has 0 bridgehead atoms. The van der Waals surface area contributed by atoms with Crippen molar-refractivity contribution in [2.75, 3.05) is 13.1 Å². The summed E-state index contributed by atoms with van der Waals surface area (Å²) < 4.78 is 1.78. The Balaban J connectivity index is 1.68. The van der Waals surface area contributed by atoms with Crippen molar-refractivity contribution in [3.05, 3.63) is 34.0 Å². The van der Waals surface area contributed by atoms with Crippen LogP contribution in [0.4, 0.5) is 0 Å². The second kappa shape index (κ2) is 6.18. The predicted octanol–water partition coefficient (Wildman–Crippen LogP) is 1.37. The zero-order valence-corrected chi connectivity index (χ0v) is 13.9. The number of rotatable bonds is 4. The molecule has 3 atom stereocenters. The SMILES string of the molecule is Cc1nc(C(C)NC(=O)[C@H]2CNC[C@@H]2c2cnn(C)c2)cs1. The van der Waals surface area contributed by atoms with Gasteiger partial charge in [-0.25, -0.2) is 4.98 Å². The second-order valence-corrected chi connectivity index (χ2v) is 6.90. The molecule has 7 heteroatoms. The number of carbonyl (C=O) groups is 1. The molecule has 1 unspecified atom stereocenters. The number of hydrogen-bond donors (Lipinski definition) is 2. The van der Waals surface area contributed by atoms with Crippen molar-refractivity contribution in [1.29, 1.82) is 0 Å². The zero-order valence-electron chi connectivity index (χ0n) is 13.0. The quantitative estimate of drug-likeness (QED) is 0.893. The van der Waals surface area contributed by atoms with Gasteiger partial charge in [0.25, 0.3) is 0 Å². The number of aryl methyl sites for hydroxylation is 2. The topological polar surface area (TPSA) is 71.8 Å². The molecule has 0 aliphatic carbocycles. The van der Waals surface area contributed by atoms with E-state index in [-0.39, 0.29) is 23.8 Å². The van der Waals surface area contributed by atoms with Gasteiger partial charge in [-0.2, -0.15) is 5.10 Å². The molecule has 0 radical (unpaired) electrons. The number of hydrogen-bond acceptors (Lipinski definition) is 5. The highest BCUT2D eigenvalue weighted by Crippen LogP contribution is 2.28. The normalized spacial score (nSPS) is 22.7. The van der Waals surface area contributed by atoms with Crippen LogP contribution in [0.5, 0.6) is 0 Å². The lowest BCUT2D eigenvalue weighted by atomic mass is 9.90. The van der Waals surface area contributed by atoms with Crippen LogP contribution in [0.2, 0.25) is 0 Å². The van der Waals surface area contributed by atoms with Crippen LogP contribution in [-0.4, -0.2) is 33.8 Å². The fourth-order valence-corrected chi connectivity index (χ4v) is 3.62. The van der Waals surface area contributed by atoms with Gasteiger partial charge in [0.05, 0.1) is 28.9 Å². The minimum Gasteiger partial charge on any atom is -0.348 e. The maximum atomic E-state index is 12.6. The maximum absolute atomic E-state index is 12.6. The van der Waals surface area contributed by atoms with Crippen LogP contribution in [0.3, 0.4) is 0 Å². The Bertz CT molecular complexity index is 664. The highest BCUT2D eigenvalue weighted by Gasteiger charge is 2.35. The number of nitrogens with zero attached hydrogens (tertiary/aromatic N) is 3. The Morgan fingerprint density at radius 2 is 2.36 bits per heavy atom. The van der Waals surface area contributed by atoms with Crippen molar-refractivity contribution in [1.82, 2.24) is 25.4 Å². The van der Waals surface area contributed by atoms with Crippen molar-refractivity contribution >= 4 is 17.2 Å². The van der Waals surface area contributed by atoms with Crippen LogP contribution in [0.1, 0.15) is 35.1 Å². The van der Waals surface area contributed by atoms with E-state index >= 15 is 0 Å². The third-order valence-corrected chi connectivity index (χ3v) is 4.93. The zero-order chi connectivity index (χ0) is 15.7. The molecule has 1 aliphatic heterocycles. The summed E-state index contributed by atoms with van der Waals surface area (Å²) in [6.45, 7) is 5.47. The second-order valence-electron chi connectivity index (χ2n) is 5.84. The summed E-state index contributed by atoms with van der Waals surface area (Å²) in [6, 6.07) is -0.0624. The molecular formula is C15H21N5OS. The summed E-state index contributed by atoms with van der Waals surface area (Å²) in [7, 11) is 1.90. The minimum absolute atomic E-state index is 0.0624. The van der Waals surface area contributed by atoms with Gasteiger partial charge >= 0.3 is 0 Å². The van der Waals surface area contributed by atoms with E-state index < -0.39 is 0 Å². The number of carbonyl (C=O) groups excluding carboxylic acids is 1. The van der Waals surface area contributed by atoms with Gasteiger partial charge in [-0.15, -0.1) is 11.3 Å². The van der Waals surface area contributed by atoms with Gasteiger partial charge in [0.15, 0.2) is 0 Å². The highest BCUT2D eigenvalue weighted by atomic mass is 32.1. The lowest BCUT2D eigenvalue weighted by Gasteiger charge is -2.19. The largest absolute Gasteiger partial charge is 0.348 e. The highest BCUT2D eigenvalue weighted by molar-refractivity contribution is 7.09. The first-order chi connectivity index (χ1) is 10.5. The number of aromatic nitrogens is 3. The van der Waals surface area contributed by atoms with E-state index in [9.17, 15) is 4.79 Å². The fourth-order valence-electron chi connectivity index (χ4n) is 2.91. The molecule has 1 aliphatic rings. The van der Waals surface area contributed by atoms with E-state index in [2.05, 4.69) is 20.7 Å². The first kappa shape index (κ1) is 15.2. The molecule has 2 N–H and O–H groups in total. The Morgan fingerprint density at radius 3 is 3.00 bits per heavy atom. The lowest BCUT2D eigenvalue weighted by molar-refractivity contribution is -0.125. The average Bonchev–Trinajstić information content (AvgIpc) is 3.17. The molecule has 3 heterocycles. The Hall–Kier alpha value is -1.73. The first-order valence-corrected chi connectivity index (χ1v) is 8.34. The molecule has 2 aromatic rings. The summed E-state index contributed by atoms with van der Waals surface area (Å²) in [4.78, 5) is 17.1. The fraction of sp³-hybridized carbons (Fsp3) is 0.533. The number of thiazole rings is 1. The minimum atomic E-state index is -0.0635. The van der Waals surface area contributed by atoms with Crippen LogP contribution >= 0.6 is 11.3 Å². The molecule has 0 spiro atoms. The maximum Gasteiger partial charge on any atom is 0.225 e. The third kappa shape index (κ3) is 3.05. The average molecular weight is 319 g/mol. The van der Waals surface area contributed by atoms with E-state index in [0.29, 0.717) is 6.54 Å². The Morgan fingerprint density at radius 1 is 1.55 bits per heavy atom. The number of amides is 1. The lowest BCUT2D eigenvalue weighted by Crippen LogP contribution is -2.36. The van der Waals surface area contributed by atoms with Crippen LogP contribution in [-0.2, 0) is 11.8 Å². The monoisotopic (exact) mass is 319 g/mol. The van der Waals surface area contributed by atoms with Gasteiger partial charge in [-0.1, -0.05) is 0 Å². The van der Waals surface area contributed by atoms with Crippen LogP contribution in [0.15, 0.2) is 17.8 Å². The van der Waals surface area contributed by atoms with Crippen LogP contribution < -0.4 is 10.6 Å². The summed E-state index contributed by atoms with van der Waals surface area (Å²) in [5.41, 5.74) is 2.05. The predicted molar refractivity (Wildman–Crippen MR) is 85.7 cm³/mol. The molecule has 118 valence electrons. The van der Waals surface area contributed by atoms with Crippen LogP contribution in [0, 0.1) is 12.8 Å².